The number of esters is 1. The number of methoxy groups -OCH3 is 1. The lowest BCUT2D eigenvalue weighted by Gasteiger charge is -2.35. The Labute approximate surface area is 107 Å². The second-order valence-corrected chi connectivity index (χ2v) is 4.84. The molecule has 0 radical (unpaired) electrons. The molecule has 0 aromatic carbocycles. The molecule has 0 aromatic rings. The van der Waals surface area contributed by atoms with Gasteiger partial charge in [-0.25, -0.2) is 4.79 Å². The maximum absolute atomic E-state index is 11.4. The van der Waals surface area contributed by atoms with Gasteiger partial charge in [0.05, 0.1) is 26.4 Å². The van der Waals surface area contributed by atoms with Crippen molar-refractivity contribution in [2.45, 2.75) is 31.5 Å². The van der Waals surface area contributed by atoms with E-state index in [-0.39, 0.29) is 19.3 Å². The number of hydrogen-bond acceptors (Lipinski definition) is 6. The number of aliphatic hydroxyl groups excluding tert-OH is 1. The molecule has 1 unspecified atom stereocenters. The Morgan fingerprint density at radius 1 is 1.44 bits per heavy atom. The van der Waals surface area contributed by atoms with Crippen LogP contribution in [0.4, 0.5) is 0 Å². The SMILES string of the molecule is COC(=O)C(C)(O)CN1CCC(OCCO)CC1. The van der Waals surface area contributed by atoms with E-state index < -0.39 is 11.6 Å². The maximum atomic E-state index is 11.4. The van der Waals surface area contributed by atoms with E-state index in [4.69, 9.17) is 9.84 Å². The number of likely N-dealkylation sites (tertiary alicyclic amines) is 1. The molecule has 1 atom stereocenters. The number of β-amino-alcohol motifs (C(OH)–C–C–N with tert-alkyl or cyclic N) is 1. The summed E-state index contributed by atoms with van der Waals surface area (Å²) in [4.78, 5) is 13.4. The Hall–Kier alpha value is -0.690. The molecule has 0 aromatic heterocycles. The van der Waals surface area contributed by atoms with Crippen molar-refractivity contribution in [1.29, 1.82) is 0 Å². The third-order valence-corrected chi connectivity index (χ3v) is 3.14. The molecule has 0 saturated carbocycles. The molecule has 1 aliphatic heterocycles. The van der Waals surface area contributed by atoms with Gasteiger partial charge in [-0.1, -0.05) is 0 Å². The topological polar surface area (TPSA) is 79.2 Å². The summed E-state index contributed by atoms with van der Waals surface area (Å²) in [5.41, 5.74) is -1.46. The van der Waals surface area contributed by atoms with Crippen molar-refractivity contribution < 1.29 is 24.5 Å². The third-order valence-electron chi connectivity index (χ3n) is 3.14. The van der Waals surface area contributed by atoms with E-state index in [0.717, 1.165) is 25.9 Å². The van der Waals surface area contributed by atoms with Crippen molar-refractivity contribution in [3.05, 3.63) is 0 Å². The first kappa shape index (κ1) is 15.4. The lowest BCUT2D eigenvalue weighted by atomic mass is 10.0. The quantitative estimate of drug-likeness (QED) is 0.621. The van der Waals surface area contributed by atoms with Crippen LogP contribution in [0.1, 0.15) is 19.8 Å². The molecule has 1 saturated heterocycles. The molecule has 1 rings (SSSR count). The van der Waals surface area contributed by atoms with E-state index in [1.165, 1.54) is 14.0 Å². The van der Waals surface area contributed by atoms with E-state index in [0.29, 0.717) is 6.61 Å². The van der Waals surface area contributed by atoms with Crippen molar-refractivity contribution in [2.24, 2.45) is 0 Å². The minimum atomic E-state index is -1.46. The predicted octanol–water partition coefficient (Wildman–Crippen LogP) is -0.616. The van der Waals surface area contributed by atoms with Crippen molar-refractivity contribution >= 4 is 5.97 Å². The van der Waals surface area contributed by atoms with Crippen molar-refractivity contribution in [3.63, 3.8) is 0 Å². The minimum absolute atomic E-state index is 0.0390. The monoisotopic (exact) mass is 261 g/mol. The highest BCUT2D eigenvalue weighted by molar-refractivity contribution is 5.78. The molecule has 1 heterocycles. The largest absolute Gasteiger partial charge is 0.467 e. The second-order valence-electron chi connectivity index (χ2n) is 4.84. The van der Waals surface area contributed by atoms with E-state index in [9.17, 15) is 9.90 Å². The third kappa shape index (κ3) is 4.53. The van der Waals surface area contributed by atoms with Gasteiger partial charge in [0.2, 0.25) is 0 Å². The Bertz CT molecular complexity index is 261. The molecule has 0 amide bonds. The number of nitrogens with zero attached hydrogens (tertiary/aromatic N) is 1. The summed E-state index contributed by atoms with van der Waals surface area (Å²) in [6, 6.07) is 0. The molecular weight excluding hydrogens is 238 g/mol. The van der Waals surface area contributed by atoms with Crippen LogP contribution in [0.5, 0.6) is 0 Å². The highest BCUT2D eigenvalue weighted by Gasteiger charge is 2.34. The predicted molar refractivity (Wildman–Crippen MR) is 65.1 cm³/mol. The fraction of sp³-hybridized carbons (Fsp3) is 0.917. The number of ether oxygens (including phenoxy) is 2. The fourth-order valence-corrected chi connectivity index (χ4v) is 2.17. The first-order valence-electron chi connectivity index (χ1n) is 6.25. The molecule has 1 aliphatic rings. The highest BCUT2D eigenvalue weighted by atomic mass is 16.5. The van der Waals surface area contributed by atoms with Crippen LogP contribution in [-0.4, -0.2) is 72.7 Å². The lowest BCUT2D eigenvalue weighted by molar-refractivity contribution is -0.162. The summed E-state index contributed by atoms with van der Waals surface area (Å²) in [6.07, 6.45) is 1.85. The highest BCUT2D eigenvalue weighted by Crippen LogP contribution is 2.17. The first-order chi connectivity index (χ1) is 8.49. The van der Waals surface area contributed by atoms with Gasteiger partial charge in [-0.3, -0.25) is 4.90 Å². The molecule has 106 valence electrons. The summed E-state index contributed by atoms with van der Waals surface area (Å²) in [5.74, 6) is -0.610. The van der Waals surface area contributed by atoms with Crippen molar-refractivity contribution in [3.8, 4) is 0 Å². The van der Waals surface area contributed by atoms with Crippen LogP contribution >= 0.6 is 0 Å². The molecule has 0 aliphatic carbocycles. The number of carbonyl (C=O) groups excluding carboxylic acids is 1. The molecule has 0 bridgehead atoms. The van der Waals surface area contributed by atoms with Crippen molar-refractivity contribution in [1.82, 2.24) is 4.90 Å². The molecule has 18 heavy (non-hydrogen) atoms. The van der Waals surface area contributed by atoms with E-state index in [1.54, 1.807) is 0 Å². The molecular formula is C12H23NO5. The summed E-state index contributed by atoms with van der Waals surface area (Å²) in [5, 5.41) is 18.6. The van der Waals surface area contributed by atoms with E-state index >= 15 is 0 Å². The summed E-state index contributed by atoms with van der Waals surface area (Å²) in [7, 11) is 1.27. The Balaban J connectivity index is 2.33. The Morgan fingerprint density at radius 2 is 2.06 bits per heavy atom. The maximum Gasteiger partial charge on any atom is 0.338 e. The number of aliphatic hydroxyl groups is 2. The van der Waals surface area contributed by atoms with Gasteiger partial charge >= 0.3 is 5.97 Å². The van der Waals surface area contributed by atoms with E-state index in [2.05, 4.69) is 4.74 Å². The van der Waals surface area contributed by atoms with Crippen LogP contribution in [0.15, 0.2) is 0 Å². The zero-order valence-corrected chi connectivity index (χ0v) is 11.1. The fourth-order valence-electron chi connectivity index (χ4n) is 2.17. The van der Waals surface area contributed by atoms with Crippen molar-refractivity contribution in [2.75, 3.05) is 40.0 Å². The van der Waals surface area contributed by atoms with Gasteiger partial charge in [0.15, 0.2) is 5.60 Å². The zero-order valence-electron chi connectivity index (χ0n) is 11.1. The van der Waals surface area contributed by atoms with Crippen LogP contribution in [0.3, 0.4) is 0 Å². The van der Waals surface area contributed by atoms with Gasteiger partial charge < -0.3 is 19.7 Å². The number of rotatable bonds is 6. The van der Waals surface area contributed by atoms with Gasteiger partial charge in [-0.2, -0.15) is 0 Å². The number of carbonyl (C=O) groups is 1. The Morgan fingerprint density at radius 3 is 2.56 bits per heavy atom. The van der Waals surface area contributed by atoms with Gasteiger partial charge in [-0.05, 0) is 19.8 Å². The standard InChI is InChI=1S/C12H23NO5/c1-12(16,11(15)17-2)9-13-5-3-10(4-6-13)18-8-7-14/h10,14,16H,3-9H2,1-2H3. The Kier molecular flexibility index (Phi) is 6.01. The molecule has 0 spiro atoms. The lowest BCUT2D eigenvalue weighted by Crippen LogP contribution is -2.50. The second kappa shape index (κ2) is 7.04. The number of piperidine rings is 1. The van der Waals surface area contributed by atoms with Crippen LogP contribution < -0.4 is 0 Å². The van der Waals surface area contributed by atoms with Crippen LogP contribution in [0.2, 0.25) is 0 Å². The molecule has 6 heteroatoms. The smallest absolute Gasteiger partial charge is 0.338 e. The summed E-state index contributed by atoms with van der Waals surface area (Å²) in [6.45, 7) is 3.67. The van der Waals surface area contributed by atoms with E-state index in [1.807, 2.05) is 4.90 Å². The minimum Gasteiger partial charge on any atom is -0.467 e. The molecule has 6 nitrogen and oxygen atoms in total. The van der Waals surface area contributed by atoms with Gasteiger partial charge in [0.25, 0.3) is 0 Å². The van der Waals surface area contributed by atoms with Gasteiger partial charge in [0, 0.05) is 19.6 Å². The van der Waals surface area contributed by atoms with Crippen LogP contribution in [0, 0.1) is 0 Å². The average molecular weight is 261 g/mol. The average Bonchev–Trinajstić information content (AvgIpc) is 2.36. The first-order valence-corrected chi connectivity index (χ1v) is 6.25. The number of hydrogen-bond donors (Lipinski definition) is 2. The van der Waals surface area contributed by atoms with Gasteiger partial charge in [-0.15, -0.1) is 0 Å². The van der Waals surface area contributed by atoms with Gasteiger partial charge in [0.1, 0.15) is 0 Å². The molecule has 1 fully saturated rings. The summed E-state index contributed by atoms with van der Waals surface area (Å²) >= 11 is 0. The zero-order chi connectivity index (χ0) is 13.6. The summed E-state index contributed by atoms with van der Waals surface area (Å²) < 4.78 is 10.0. The van der Waals surface area contributed by atoms with Crippen LogP contribution in [-0.2, 0) is 14.3 Å². The normalized spacial score (nSPS) is 21.6. The van der Waals surface area contributed by atoms with Crippen LogP contribution in [0.25, 0.3) is 0 Å². The molecule has 2 N–H and O–H groups in total.